The molecule has 1 aliphatic rings. The van der Waals surface area contributed by atoms with E-state index in [4.69, 9.17) is 0 Å². The fraction of sp³-hybridized carbons (Fsp3) is 0.667. The van der Waals surface area contributed by atoms with Gasteiger partial charge in [0.25, 0.3) is 0 Å². The highest BCUT2D eigenvalue weighted by Gasteiger charge is 2.30. The maximum atomic E-state index is 4.57. The molecule has 3 atom stereocenters. The third-order valence-corrected chi connectivity index (χ3v) is 4.54. The Labute approximate surface area is 119 Å². The van der Waals surface area contributed by atoms with E-state index in [9.17, 15) is 0 Å². The van der Waals surface area contributed by atoms with Crippen molar-refractivity contribution in [3.05, 3.63) is 28.5 Å². The summed E-state index contributed by atoms with van der Waals surface area (Å²) in [4.78, 5) is 4.57. The van der Waals surface area contributed by atoms with Gasteiger partial charge < -0.3 is 5.32 Å². The van der Waals surface area contributed by atoms with Crippen molar-refractivity contribution in [1.29, 1.82) is 0 Å². The molecule has 1 aromatic heterocycles. The van der Waals surface area contributed by atoms with Crippen molar-refractivity contribution in [2.24, 2.45) is 17.8 Å². The van der Waals surface area contributed by atoms with Gasteiger partial charge in [0.2, 0.25) is 0 Å². The molecule has 18 heavy (non-hydrogen) atoms. The largest absolute Gasteiger partial charge is 0.311 e. The zero-order valence-corrected chi connectivity index (χ0v) is 13.1. The summed E-state index contributed by atoms with van der Waals surface area (Å²) in [6.07, 6.45) is 5.90. The monoisotopic (exact) mass is 310 g/mol. The van der Waals surface area contributed by atoms with E-state index in [1.54, 1.807) is 0 Å². The van der Waals surface area contributed by atoms with Crippen LogP contribution in [0.3, 0.4) is 0 Å². The lowest BCUT2D eigenvalue weighted by Gasteiger charge is -2.36. The summed E-state index contributed by atoms with van der Waals surface area (Å²) in [6, 6.07) is 4.61. The van der Waals surface area contributed by atoms with Gasteiger partial charge in [-0.3, -0.25) is 4.98 Å². The molecule has 0 spiro atoms. The van der Waals surface area contributed by atoms with Crippen molar-refractivity contribution >= 4 is 15.9 Å². The molecule has 3 heteroatoms. The molecule has 3 unspecified atom stereocenters. The van der Waals surface area contributed by atoms with Gasteiger partial charge in [-0.25, -0.2) is 0 Å². The fourth-order valence-corrected chi connectivity index (χ4v) is 3.71. The van der Waals surface area contributed by atoms with Crippen LogP contribution in [0, 0.1) is 17.8 Å². The molecule has 0 bridgehead atoms. The number of pyridine rings is 1. The van der Waals surface area contributed by atoms with Gasteiger partial charge in [0.15, 0.2) is 0 Å². The molecule has 0 aromatic carbocycles. The molecule has 1 N–H and O–H groups in total. The van der Waals surface area contributed by atoms with Gasteiger partial charge in [0.1, 0.15) is 0 Å². The third-order valence-electron chi connectivity index (χ3n) is 4.07. The lowest BCUT2D eigenvalue weighted by molar-refractivity contribution is 0.179. The number of rotatable bonds is 3. The van der Waals surface area contributed by atoms with Gasteiger partial charge in [-0.1, -0.05) is 13.8 Å². The third kappa shape index (κ3) is 3.33. The van der Waals surface area contributed by atoms with Crippen LogP contribution in [-0.4, -0.2) is 12.0 Å². The summed E-state index contributed by atoms with van der Waals surface area (Å²) in [5.74, 6) is 2.39. The van der Waals surface area contributed by atoms with Crippen molar-refractivity contribution < 1.29 is 0 Å². The van der Waals surface area contributed by atoms with Crippen LogP contribution in [0.5, 0.6) is 0 Å². The van der Waals surface area contributed by atoms with E-state index < -0.39 is 0 Å². The van der Waals surface area contributed by atoms with Crippen molar-refractivity contribution in [1.82, 2.24) is 10.3 Å². The quantitative estimate of drug-likeness (QED) is 0.906. The first kappa shape index (κ1) is 14.0. The van der Waals surface area contributed by atoms with Gasteiger partial charge in [-0.05, 0) is 72.1 Å². The van der Waals surface area contributed by atoms with Gasteiger partial charge in [-0.2, -0.15) is 0 Å². The maximum Gasteiger partial charge on any atom is 0.0576 e. The molecule has 0 amide bonds. The molecule has 0 radical (unpaired) electrons. The Bertz CT molecular complexity index is 367. The molecular weight excluding hydrogens is 288 g/mol. The van der Waals surface area contributed by atoms with E-state index >= 15 is 0 Å². The normalized spacial score (nSPS) is 30.1. The molecule has 0 aliphatic heterocycles. The van der Waals surface area contributed by atoms with E-state index in [1.165, 1.54) is 25.0 Å². The standard InChI is InChI=1S/C15H23BrN2/c1-10-6-11(2)8-12(7-10)15(17-3)14-5-4-13(16)9-18-14/h4-5,9-12,15,17H,6-8H2,1-3H3. The van der Waals surface area contributed by atoms with Crippen molar-refractivity contribution in [2.75, 3.05) is 7.05 Å². The SMILES string of the molecule is CNC(c1ccc(Br)cn1)C1CC(C)CC(C)C1. The summed E-state index contributed by atoms with van der Waals surface area (Å²) in [5.41, 5.74) is 1.17. The van der Waals surface area contributed by atoms with Crippen LogP contribution >= 0.6 is 15.9 Å². The lowest BCUT2D eigenvalue weighted by Crippen LogP contribution is -2.32. The summed E-state index contributed by atoms with van der Waals surface area (Å²) >= 11 is 3.45. The van der Waals surface area contributed by atoms with Gasteiger partial charge >= 0.3 is 0 Å². The van der Waals surface area contributed by atoms with Crippen molar-refractivity contribution in [3.8, 4) is 0 Å². The molecule has 1 heterocycles. The molecular formula is C15H23BrN2. The van der Waals surface area contributed by atoms with Crippen LogP contribution in [0.2, 0.25) is 0 Å². The number of nitrogens with zero attached hydrogens (tertiary/aromatic N) is 1. The number of nitrogens with one attached hydrogen (secondary N) is 1. The van der Waals surface area contributed by atoms with E-state index in [-0.39, 0.29) is 0 Å². The Balaban J connectivity index is 2.14. The molecule has 1 aliphatic carbocycles. The predicted octanol–water partition coefficient (Wildman–Crippen LogP) is 4.18. The maximum absolute atomic E-state index is 4.57. The Morgan fingerprint density at radius 2 is 1.89 bits per heavy atom. The molecule has 100 valence electrons. The Kier molecular flexibility index (Phi) is 4.79. The summed E-state index contributed by atoms with van der Waals surface area (Å²) in [5, 5.41) is 3.47. The highest BCUT2D eigenvalue weighted by molar-refractivity contribution is 9.10. The topological polar surface area (TPSA) is 24.9 Å². The first-order valence-electron chi connectivity index (χ1n) is 6.89. The number of hydrogen-bond donors (Lipinski definition) is 1. The first-order chi connectivity index (χ1) is 8.60. The molecule has 2 nitrogen and oxygen atoms in total. The van der Waals surface area contributed by atoms with Gasteiger partial charge in [0.05, 0.1) is 11.7 Å². The number of aromatic nitrogens is 1. The molecule has 0 saturated heterocycles. The zero-order chi connectivity index (χ0) is 13.1. The minimum absolute atomic E-state index is 0.392. The van der Waals surface area contributed by atoms with Crippen LogP contribution < -0.4 is 5.32 Å². The second-order valence-corrected chi connectivity index (χ2v) is 6.76. The lowest BCUT2D eigenvalue weighted by atomic mass is 9.73. The zero-order valence-electron chi connectivity index (χ0n) is 11.5. The minimum Gasteiger partial charge on any atom is -0.311 e. The van der Waals surface area contributed by atoms with Crippen molar-refractivity contribution in [2.45, 2.75) is 39.2 Å². The van der Waals surface area contributed by atoms with Crippen LogP contribution in [0.25, 0.3) is 0 Å². The predicted molar refractivity (Wildman–Crippen MR) is 79.4 cm³/mol. The van der Waals surface area contributed by atoms with Crippen molar-refractivity contribution in [3.63, 3.8) is 0 Å². The van der Waals surface area contributed by atoms with Gasteiger partial charge in [0, 0.05) is 10.7 Å². The average Bonchev–Trinajstić information content (AvgIpc) is 2.31. The van der Waals surface area contributed by atoms with E-state index in [0.29, 0.717) is 12.0 Å². The highest BCUT2D eigenvalue weighted by Crippen LogP contribution is 2.39. The van der Waals surface area contributed by atoms with Crippen LogP contribution in [0.15, 0.2) is 22.8 Å². The Morgan fingerprint density at radius 1 is 1.22 bits per heavy atom. The summed E-state index contributed by atoms with van der Waals surface area (Å²) < 4.78 is 1.05. The Hall–Kier alpha value is -0.410. The van der Waals surface area contributed by atoms with E-state index in [0.717, 1.165) is 16.3 Å². The molecule has 2 rings (SSSR count). The van der Waals surface area contributed by atoms with Gasteiger partial charge in [-0.15, -0.1) is 0 Å². The van der Waals surface area contributed by atoms with E-state index in [1.807, 2.05) is 6.20 Å². The number of hydrogen-bond acceptors (Lipinski definition) is 2. The fourth-order valence-electron chi connectivity index (χ4n) is 3.48. The highest BCUT2D eigenvalue weighted by atomic mass is 79.9. The molecule has 1 fully saturated rings. The first-order valence-corrected chi connectivity index (χ1v) is 7.68. The van der Waals surface area contributed by atoms with Crippen LogP contribution in [0.4, 0.5) is 0 Å². The second kappa shape index (κ2) is 6.16. The van der Waals surface area contributed by atoms with Crippen LogP contribution in [0.1, 0.15) is 44.8 Å². The smallest absolute Gasteiger partial charge is 0.0576 e. The minimum atomic E-state index is 0.392. The summed E-state index contributed by atoms with van der Waals surface area (Å²) in [6.45, 7) is 4.76. The molecule has 1 aromatic rings. The summed E-state index contributed by atoms with van der Waals surface area (Å²) in [7, 11) is 2.05. The number of halogens is 1. The average molecular weight is 311 g/mol. The second-order valence-electron chi connectivity index (χ2n) is 5.85. The molecule has 1 saturated carbocycles. The van der Waals surface area contributed by atoms with Crippen LogP contribution in [-0.2, 0) is 0 Å². The Morgan fingerprint density at radius 3 is 2.39 bits per heavy atom. The van der Waals surface area contributed by atoms with E-state index in [2.05, 4.69) is 59.3 Å².